The summed E-state index contributed by atoms with van der Waals surface area (Å²) in [4.78, 5) is 12.3. The fraction of sp³-hybridized carbons (Fsp3) is 0.611. The van der Waals surface area contributed by atoms with Crippen LogP contribution >= 0.6 is 0 Å². The average molecular weight is 384 g/mol. The minimum atomic E-state index is -3.20. The topological polar surface area (TPSA) is 95.9 Å². The largest absolute Gasteiger partial charge is 0.497 e. The normalized spacial score (nSPS) is 18.9. The number of hydrogen-bond acceptors (Lipinski definition) is 5. The van der Waals surface area contributed by atoms with E-state index in [9.17, 15) is 18.3 Å². The number of rotatable bonds is 7. The van der Waals surface area contributed by atoms with E-state index in [1.807, 2.05) is 24.3 Å². The molecule has 1 atom stereocenters. The maximum atomic E-state index is 12.3. The van der Waals surface area contributed by atoms with Gasteiger partial charge in [-0.05, 0) is 37.5 Å². The van der Waals surface area contributed by atoms with E-state index in [0.717, 1.165) is 11.3 Å². The lowest BCUT2D eigenvalue weighted by Gasteiger charge is -2.30. The third-order valence-corrected chi connectivity index (χ3v) is 5.98. The van der Waals surface area contributed by atoms with Crippen LogP contribution in [0.5, 0.6) is 5.75 Å². The first-order valence-electron chi connectivity index (χ1n) is 8.69. The maximum absolute atomic E-state index is 12.3. The Kier molecular flexibility index (Phi) is 6.65. The van der Waals surface area contributed by atoms with Gasteiger partial charge in [-0.3, -0.25) is 4.79 Å². The summed E-state index contributed by atoms with van der Waals surface area (Å²) in [6.45, 7) is 2.55. The van der Waals surface area contributed by atoms with E-state index in [1.165, 1.54) is 10.6 Å². The molecule has 1 amide bonds. The van der Waals surface area contributed by atoms with Crippen LogP contribution in [-0.2, 0) is 21.2 Å². The molecule has 1 saturated heterocycles. The SMILES string of the molecule is COc1ccc(C[C@@](C)(O)CNC(=O)C2CCN(S(C)(=O)=O)CC2)cc1. The third kappa shape index (κ3) is 5.96. The Morgan fingerprint density at radius 2 is 1.88 bits per heavy atom. The molecule has 0 unspecified atom stereocenters. The molecule has 1 aromatic rings. The van der Waals surface area contributed by atoms with E-state index in [4.69, 9.17) is 4.74 Å². The summed E-state index contributed by atoms with van der Waals surface area (Å²) in [7, 11) is -1.60. The Labute approximate surface area is 155 Å². The number of amides is 1. The number of sulfonamides is 1. The van der Waals surface area contributed by atoms with Gasteiger partial charge in [0.15, 0.2) is 0 Å². The molecule has 7 nitrogen and oxygen atoms in total. The van der Waals surface area contributed by atoms with Gasteiger partial charge >= 0.3 is 0 Å². The zero-order valence-corrected chi connectivity index (χ0v) is 16.4. The van der Waals surface area contributed by atoms with E-state index < -0.39 is 15.6 Å². The molecule has 0 aliphatic carbocycles. The van der Waals surface area contributed by atoms with Crippen molar-refractivity contribution in [1.82, 2.24) is 9.62 Å². The molecule has 26 heavy (non-hydrogen) atoms. The second kappa shape index (κ2) is 8.37. The van der Waals surface area contributed by atoms with Crippen LogP contribution in [0.3, 0.4) is 0 Å². The number of piperidine rings is 1. The van der Waals surface area contributed by atoms with Crippen LogP contribution in [0.1, 0.15) is 25.3 Å². The summed E-state index contributed by atoms with van der Waals surface area (Å²) in [5.74, 6) is 0.403. The van der Waals surface area contributed by atoms with E-state index >= 15 is 0 Å². The van der Waals surface area contributed by atoms with Crippen LogP contribution in [-0.4, -0.2) is 62.3 Å². The van der Waals surface area contributed by atoms with Gasteiger partial charge in [-0.1, -0.05) is 12.1 Å². The van der Waals surface area contributed by atoms with Gasteiger partial charge < -0.3 is 15.2 Å². The molecule has 1 aliphatic rings. The molecule has 0 saturated carbocycles. The number of nitrogens with zero attached hydrogens (tertiary/aromatic N) is 1. The molecular formula is C18H28N2O5S. The second-order valence-electron chi connectivity index (χ2n) is 7.18. The molecule has 146 valence electrons. The van der Waals surface area contributed by atoms with E-state index in [0.29, 0.717) is 32.4 Å². The second-order valence-corrected chi connectivity index (χ2v) is 9.16. The van der Waals surface area contributed by atoms with Crippen molar-refractivity contribution in [3.63, 3.8) is 0 Å². The van der Waals surface area contributed by atoms with Gasteiger partial charge in [-0.2, -0.15) is 0 Å². The molecule has 2 N–H and O–H groups in total. The van der Waals surface area contributed by atoms with Crippen LogP contribution in [0, 0.1) is 5.92 Å². The Morgan fingerprint density at radius 1 is 1.31 bits per heavy atom. The Bertz CT molecular complexity index is 708. The number of methoxy groups -OCH3 is 1. The first-order valence-corrected chi connectivity index (χ1v) is 10.5. The molecular weight excluding hydrogens is 356 g/mol. The Hall–Kier alpha value is -1.64. The van der Waals surface area contributed by atoms with E-state index in [2.05, 4.69) is 5.32 Å². The van der Waals surface area contributed by atoms with Crippen molar-refractivity contribution in [2.24, 2.45) is 5.92 Å². The van der Waals surface area contributed by atoms with Crippen LogP contribution in [0.4, 0.5) is 0 Å². The maximum Gasteiger partial charge on any atom is 0.223 e. The molecule has 2 rings (SSSR count). The van der Waals surface area contributed by atoms with Gasteiger partial charge in [-0.25, -0.2) is 12.7 Å². The van der Waals surface area contributed by atoms with Gasteiger partial charge in [0.05, 0.1) is 19.0 Å². The predicted octanol–water partition coefficient (Wildman–Crippen LogP) is 0.776. The van der Waals surface area contributed by atoms with Crippen LogP contribution in [0.2, 0.25) is 0 Å². The minimum absolute atomic E-state index is 0.131. The molecule has 0 aromatic heterocycles. The first-order chi connectivity index (χ1) is 12.1. The smallest absolute Gasteiger partial charge is 0.223 e. The lowest BCUT2D eigenvalue weighted by Crippen LogP contribution is -2.47. The first kappa shape index (κ1) is 20.7. The van der Waals surface area contributed by atoms with Crippen LogP contribution in [0.25, 0.3) is 0 Å². The molecule has 0 spiro atoms. The highest BCUT2D eigenvalue weighted by molar-refractivity contribution is 7.88. The summed E-state index contributed by atoms with van der Waals surface area (Å²) >= 11 is 0. The zero-order chi connectivity index (χ0) is 19.4. The highest BCUT2D eigenvalue weighted by Crippen LogP contribution is 2.20. The molecule has 0 radical (unpaired) electrons. The fourth-order valence-electron chi connectivity index (χ4n) is 3.12. The van der Waals surface area contributed by atoms with Gasteiger partial charge in [0.25, 0.3) is 0 Å². The van der Waals surface area contributed by atoms with Crippen molar-refractivity contribution in [2.75, 3.05) is 33.0 Å². The highest BCUT2D eigenvalue weighted by Gasteiger charge is 2.30. The number of benzene rings is 1. The van der Waals surface area contributed by atoms with Gasteiger partial charge in [0, 0.05) is 32.0 Å². The predicted molar refractivity (Wildman–Crippen MR) is 99.5 cm³/mol. The van der Waals surface area contributed by atoms with Crippen molar-refractivity contribution in [1.29, 1.82) is 0 Å². The van der Waals surface area contributed by atoms with Crippen molar-refractivity contribution in [3.05, 3.63) is 29.8 Å². The standard InChI is InChI=1S/C18H28N2O5S/c1-18(22,12-14-4-6-16(25-2)7-5-14)13-19-17(21)15-8-10-20(11-9-15)26(3,23)24/h4-7,15,22H,8-13H2,1-3H3,(H,19,21)/t18-/m1/s1. The van der Waals surface area contributed by atoms with Gasteiger partial charge in [0.1, 0.15) is 5.75 Å². The average Bonchev–Trinajstić information content (AvgIpc) is 2.59. The number of ether oxygens (including phenoxy) is 1. The number of hydrogen-bond donors (Lipinski definition) is 2. The van der Waals surface area contributed by atoms with Gasteiger partial charge in [0.2, 0.25) is 15.9 Å². The highest BCUT2D eigenvalue weighted by atomic mass is 32.2. The Morgan fingerprint density at radius 3 is 2.38 bits per heavy atom. The third-order valence-electron chi connectivity index (χ3n) is 4.68. The summed E-state index contributed by atoms with van der Waals surface area (Å²) in [6, 6.07) is 7.44. The molecule has 1 aromatic carbocycles. The molecule has 0 bridgehead atoms. The lowest BCUT2D eigenvalue weighted by atomic mass is 9.94. The van der Waals surface area contributed by atoms with E-state index in [1.54, 1.807) is 14.0 Å². The minimum Gasteiger partial charge on any atom is -0.497 e. The number of carbonyl (C=O) groups is 1. The fourth-order valence-corrected chi connectivity index (χ4v) is 3.99. The molecule has 8 heteroatoms. The zero-order valence-electron chi connectivity index (χ0n) is 15.6. The summed E-state index contributed by atoms with van der Waals surface area (Å²) in [5.41, 5.74) is -0.121. The monoisotopic (exact) mass is 384 g/mol. The van der Waals surface area contributed by atoms with Crippen molar-refractivity contribution < 1.29 is 23.1 Å². The number of carbonyl (C=O) groups excluding carboxylic acids is 1. The summed E-state index contributed by atoms with van der Waals surface area (Å²) in [6.07, 6.45) is 2.59. The number of aliphatic hydroxyl groups is 1. The summed E-state index contributed by atoms with van der Waals surface area (Å²) < 4.78 is 29.5. The molecule has 1 heterocycles. The molecule has 1 aliphatic heterocycles. The van der Waals surface area contributed by atoms with Crippen molar-refractivity contribution >= 4 is 15.9 Å². The van der Waals surface area contributed by atoms with Crippen LogP contribution in [0.15, 0.2) is 24.3 Å². The van der Waals surface area contributed by atoms with E-state index in [-0.39, 0.29) is 18.4 Å². The van der Waals surface area contributed by atoms with Gasteiger partial charge in [-0.15, -0.1) is 0 Å². The van der Waals surface area contributed by atoms with Crippen molar-refractivity contribution in [3.8, 4) is 5.75 Å². The molecule has 1 fully saturated rings. The quantitative estimate of drug-likeness (QED) is 0.724. The summed E-state index contributed by atoms with van der Waals surface area (Å²) in [5, 5.41) is 13.4. The lowest BCUT2D eigenvalue weighted by molar-refractivity contribution is -0.127. The van der Waals surface area contributed by atoms with Crippen molar-refractivity contribution in [2.45, 2.75) is 31.8 Å². The Balaban J connectivity index is 1.82. The van der Waals surface area contributed by atoms with Crippen LogP contribution < -0.4 is 10.1 Å². The number of nitrogens with one attached hydrogen (secondary N) is 1.